The summed E-state index contributed by atoms with van der Waals surface area (Å²) in [4.78, 5) is 24.1. The van der Waals surface area contributed by atoms with E-state index >= 15 is 0 Å². The summed E-state index contributed by atoms with van der Waals surface area (Å²) in [7, 11) is 0. The fourth-order valence-electron chi connectivity index (χ4n) is 1.94. The number of amides is 1. The predicted octanol–water partition coefficient (Wildman–Crippen LogP) is 0.150. The molecule has 1 aliphatic heterocycles. The summed E-state index contributed by atoms with van der Waals surface area (Å²) in [6.45, 7) is 5.11. The second-order valence-corrected chi connectivity index (χ2v) is 4.84. The average Bonchev–Trinajstić information content (AvgIpc) is 2.10. The van der Waals surface area contributed by atoms with Crippen molar-refractivity contribution in [1.82, 2.24) is 4.90 Å². The molecule has 1 fully saturated rings. The largest absolute Gasteiger partial charge is 0.481 e. The highest BCUT2D eigenvalue weighted by molar-refractivity contribution is 5.82. The third-order valence-corrected chi connectivity index (χ3v) is 2.93. The van der Waals surface area contributed by atoms with Crippen LogP contribution in [0.2, 0.25) is 0 Å². The van der Waals surface area contributed by atoms with Crippen LogP contribution >= 0.6 is 0 Å². The van der Waals surface area contributed by atoms with Gasteiger partial charge in [0.05, 0.1) is 11.8 Å². The lowest BCUT2D eigenvalue weighted by Gasteiger charge is -2.38. The molecule has 1 aliphatic rings. The molecule has 1 unspecified atom stereocenters. The summed E-state index contributed by atoms with van der Waals surface area (Å²) >= 11 is 0. The third-order valence-electron chi connectivity index (χ3n) is 2.93. The highest BCUT2D eigenvalue weighted by Gasteiger charge is 2.37. The molecule has 92 valence electrons. The van der Waals surface area contributed by atoms with Crippen LogP contribution in [0, 0.1) is 17.8 Å². The number of nitrogens with zero attached hydrogens (tertiary/aromatic N) is 1. The molecule has 1 rings (SSSR count). The summed E-state index contributed by atoms with van der Waals surface area (Å²) in [6, 6.07) is 0. The number of carbonyl (C=O) groups is 2. The van der Waals surface area contributed by atoms with Crippen LogP contribution in [-0.2, 0) is 9.59 Å². The fraction of sp³-hybridized carbons (Fsp3) is 0.818. The normalized spacial score (nSPS) is 18.4. The van der Waals surface area contributed by atoms with Crippen molar-refractivity contribution >= 4 is 11.9 Å². The number of rotatable bonds is 5. The summed E-state index contributed by atoms with van der Waals surface area (Å²) in [5.74, 6) is -0.934. The van der Waals surface area contributed by atoms with E-state index in [1.165, 1.54) is 0 Å². The summed E-state index contributed by atoms with van der Waals surface area (Å²) in [6.07, 6.45) is 0.767. The van der Waals surface area contributed by atoms with E-state index in [2.05, 4.69) is 0 Å². The van der Waals surface area contributed by atoms with Crippen LogP contribution in [0.25, 0.3) is 0 Å². The molecule has 0 aromatic carbocycles. The van der Waals surface area contributed by atoms with Crippen molar-refractivity contribution in [3.63, 3.8) is 0 Å². The van der Waals surface area contributed by atoms with Crippen molar-refractivity contribution in [3.05, 3.63) is 0 Å². The molecular weight excluding hydrogens is 208 g/mol. The molecule has 0 spiro atoms. The first-order valence-electron chi connectivity index (χ1n) is 5.67. The van der Waals surface area contributed by atoms with Gasteiger partial charge in [0.1, 0.15) is 0 Å². The van der Waals surface area contributed by atoms with Crippen molar-refractivity contribution < 1.29 is 14.7 Å². The number of likely N-dealkylation sites (tertiary alicyclic amines) is 1. The summed E-state index contributed by atoms with van der Waals surface area (Å²) in [5.41, 5.74) is 5.57. The van der Waals surface area contributed by atoms with E-state index in [0.717, 1.165) is 6.42 Å². The van der Waals surface area contributed by atoms with Gasteiger partial charge in [-0.3, -0.25) is 9.59 Å². The first kappa shape index (κ1) is 13.0. The second-order valence-electron chi connectivity index (χ2n) is 4.84. The minimum Gasteiger partial charge on any atom is -0.481 e. The van der Waals surface area contributed by atoms with Gasteiger partial charge in [-0.2, -0.15) is 0 Å². The quantitative estimate of drug-likeness (QED) is 0.701. The van der Waals surface area contributed by atoms with Crippen LogP contribution < -0.4 is 5.73 Å². The van der Waals surface area contributed by atoms with E-state index < -0.39 is 5.97 Å². The molecule has 1 atom stereocenters. The van der Waals surface area contributed by atoms with Gasteiger partial charge in [-0.05, 0) is 12.3 Å². The maximum absolute atomic E-state index is 11.9. The lowest BCUT2D eigenvalue weighted by atomic mass is 9.92. The smallest absolute Gasteiger partial charge is 0.310 e. The molecule has 0 aromatic rings. The van der Waals surface area contributed by atoms with E-state index in [4.69, 9.17) is 10.8 Å². The Hall–Kier alpha value is -1.10. The van der Waals surface area contributed by atoms with Gasteiger partial charge in [0.25, 0.3) is 0 Å². The fourth-order valence-corrected chi connectivity index (χ4v) is 1.94. The maximum Gasteiger partial charge on any atom is 0.310 e. The molecule has 0 radical (unpaired) electrons. The van der Waals surface area contributed by atoms with Gasteiger partial charge in [-0.25, -0.2) is 0 Å². The molecule has 1 amide bonds. The Morgan fingerprint density at radius 3 is 2.38 bits per heavy atom. The lowest BCUT2D eigenvalue weighted by molar-refractivity contribution is -0.154. The predicted molar refractivity (Wildman–Crippen MR) is 59.7 cm³/mol. The molecule has 1 heterocycles. The SMILES string of the molecule is CC(C)CC(CN)C(=O)N1CC(C(=O)O)C1. The standard InChI is InChI=1S/C11H20N2O3/c1-7(2)3-8(4-12)10(14)13-5-9(6-13)11(15)16/h7-9H,3-6,12H2,1-2H3,(H,15,16). The molecule has 0 bridgehead atoms. The highest BCUT2D eigenvalue weighted by atomic mass is 16.4. The van der Waals surface area contributed by atoms with Crippen molar-refractivity contribution in [2.75, 3.05) is 19.6 Å². The number of hydrogen-bond acceptors (Lipinski definition) is 3. The average molecular weight is 228 g/mol. The number of nitrogens with two attached hydrogens (primary N) is 1. The van der Waals surface area contributed by atoms with Gasteiger partial charge in [0.2, 0.25) is 5.91 Å². The van der Waals surface area contributed by atoms with Gasteiger partial charge in [0, 0.05) is 19.6 Å². The monoisotopic (exact) mass is 228 g/mol. The van der Waals surface area contributed by atoms with Gasteiger partial charge >= 0.3 is 5.97 Å². The lowest BCUT2D eigenvalue weighted by Crippen LogP contribution is -2.55. The number of aliphatic carboxylic acids is 1. The van der Waals surface area contributed by atoms with Crippen LogP contribution in [0.15, 0.2) is 0 Å². The molecule has 5 nitrogen and oxygen atoms in total. The Morgan fingerprint density at radius 2 is 2.00 bits per heavy atom. The molecule has 16 heavy (non-hydrogen) atoms. The topological polar surface area (TPSA) is 83.6 Å². The number of carboxylic acid groups (broad SMARTS) is 1. The number of carboxylic acids is 1. The highest BCUT2D eigenvalue weighted by Crippen LogP contribution is 2.21. The Bertz CT molecular complexity index is 272. The van der Waals surface area contributed by atoms with Crippen molar-refractivity contribution in [2.45, 2.75) is 20.3 Å². The summed E-state index contributed by atoms with van der Waals surface area (Å²) < 4.78 is 0. The number of carbonyl (C=O) groups excluding carboxylic acids is 1. The Kier molecular flexibility index (Phi) is 4.29. The van der Waals surface area contributed by atoms with E-state index in [-0.39, 0.29) is 17.7 Å². The first-order valence-corrected chi connectivity index (χ1v) is 5.67. The van der Waals surface area contributed by atoms with Crippen molar-refractivity contribution in [2.24, 2.45) is 23.5 Å². The van der Waals surface area contributed by atoms with Crippen molar-refractivity contribution in [3.8, 4) is 0 Å². The maximum atomic E-state index is 11.9. The molecule has 1 saturated heterocycles. The van der Waals surface area contributed by atoms with E-state index in [0.29, 0.717) is 25.6 Å². The third kappa shape index (κ3) is 2.95. The molecule has 0 aliphatic carbocycles. The van der Waals surface area contributed by atoms with Gasteiger partial charge in [-0.15, -0.1) is 0 Å². The van der Waals surface area contributed by atoms with E-state index in [1.54, 1.807) is 4.90 Å². The van der Waals surface area contributed by atoms with Crippen LogP contribution in [0.3, 0.4) is 0 Å². The van der Waals surface area contributed by atoms with E-state index in [1.807, 2.05) is 13.8 Å². The number of hydrogen-bond donors (Lipinski definition) is 2. The van der Waals surface area contributed by atoms with E-state index in [9.17, 15) is 9.59 Å². The van der Waals surface area contributed by atoms with Crippen LogP contribution in [0.5, 0.6) is 0 Å². The zero-order valence-electron chi connectivity index (χ0n) is 9.85. The Labute approximate surface area is 95.6 Å². The van der Waals surface area contributed by atoms with Gasteiger partial charge < -0.3 is 15.7 Å². The molecule has 5 heteroatoms. The molecule has 0 aromatic heterocycles. The first-order chi connectivity index (χ1) is 7.45. The Balaban J connectivity index is 2.43. The van der Waals surface area contributed by atoms with Gasteiger partial charge in [0.15, 0.2) is 0 Å². The zero-order valence-corrected chi connectivity index (χ0v) is 9.85. The van der Waals surface area contributed by atoms with Crippen molar-refractivity contribution in [1.29, 1.82) is 0 Å². The summed E-state index contributed by atoms with van der Waals surface area (Å²) in [5, 5.41) is 8.71. The minimum absolute atomic E-state index is 0.00806. The molecular formula is C11H20N2O3. The molecule has 3 N–H and O–H groups in total. The molecule has 0 saturated carbocycles. The Morgan fingerprint density at radius 1 is 1.44 bits per heavy atom. The second kappa shape index (κ2) is 5.30. The zero-order chi connectivity index (χ0) is 12.3. The van der Waals surface area contributed by atoms with Crippen LogP contribution in [0.1, 0.15) is 20.3 Å². The van der Waals surface area contributed by atoms with Gasteiger partial charge in [-0.1, -0.05) is 13.8 Å². The van der Waals surface area contributed by atoms with Crippen LogP contribution in [0.4, 0.5) is 0 Å². The minimum atomic E-state index is -0.822. The van der Waals surface area contributed by atoms with Crippen LogP contribution in [-0.4, -0.2) is 41.5 Å².